The molecule has 4 nitrogen and oxygen atoms in total. The predicted octanol–water partition coefficient (Wildman–Crippen LogP) is 5.15. The fraction of sp³-hybridized carbons (Fsp3) is 0.304. The van der Waals surface area contributed by atoms with Crippen molar-refractivity contribution < 1.29 is 19.3 Å². The van der Waals surface area contributed by atoms with Gasteiger partial charge in [-0.2, -0.15) is 0 Å². The quantitative estimate of drug-likeness (QED) is 0.798. The molecule has 27 heavy (non-hydrogen) atoms. The molecule has 4 bridgehead atoms. The van der Waals surface area contributed by atoms with E-state index in [0.717, 1.165) is 47.6 Å². The highest BCUT2D eigenvalue weighted by Gasteiger charge is 2.12. The molecule has 4 heterocycles. The lowest BCUT2D eigenvalue weighted by molar-refractivity contribution is 0.245. The normalized spacial score (nSPS) is 16.9. The fourth-order valence-corrected chi connectivity index (χ4v) is 2.90. The van der Waals surface area contributed by atoms with Crippen LogP contribution in [0.2, 0.25) is 0 Å². The maximum atomic E-state index is 10.6. The van der Waals surface area contributed by atoms with E-state index in [-0.39, 0.29) is 0 Å². The Morgan fingerprint density at radius 1 is 0.889 bits per heavy atom. The Kier molecular flexibility index (Phi) is 6.80. The molecule has 2 aromatic carbocycles. The molecule has 0 amide bonds. The second kappa shape index (κ2) is 9.72. The molecular weight excluding hydrogens is 340 g/mol. The van der Waals surface area contributed by atoms with Gasteiger partial charge in [-0.25, -0.2) is 0 Å². The van der Waals surface area contributed by atoms with Gasteiger partial charge in [0.1, 0.15) is 29.6 Å². The van der Waals surface area contributed by atoms with Gasteiger partial charge in [-0.1, -0.05) is 31.6 Å². The lowest BCUT2D eigenvalue weighted by Crippen LogP contribution is -2.06. The Morgan fingerprint density at radius 3 is 2.41 bits per heavy atom. The minimum absolute atomic E-state index is 0.293. The Morgan fingerprint density at radius 2 is 1.63 bits per heavy atom. The molecule has 0 atom stereocenters. The molecule has 4 heteroatoms. The van der Waals surface area contributed by atoms with Crippen LogP contribution in [-0.4, -0.2) is 24.9 Å². The van der Waals surface area contributed by atoms with Crippen LogP contribution in [0.3, 0.4) is 0 Å². The van der Waals surface area contributed by atoms with E-state index in [1.807, 2.05) is 60.7 Å². The molecule has 0 unspecified atom stereocenters. The summed E-state index contributed by atoms with van der Waals surface area (Å²) in [4.78, 5) is 0. The van der Waals surface area contributed by atoms with Crippen molar-refractivity contribution >= 4 is 6.08 Å². The van der Waals surface area contributed by atoms with E-state index in [9.17, 15) is 5.11 Å². The minimum Gasteiger partial charge on any atom is -0.507 e. The molecule has 0 saturated heterocycles. The first-order chi connectivity index (χ1) is 13.3. The summed E-state index contributed by atoms with van der Waals surface area (Å²) in [6, 6.07) is 11.4. The van der Waals surface area contributed by atoms with Crippen LogP contribution in [0.15, 0.2) is 54.6 Å². The minimum atomic E-state index is 0.293. The lowest BCUT2D eigenvalue weighted by Gasteiger charge is -2.14. The summed E-state index contributed by atoms with van der Waals surface area (Å²) < 4.78 is 17.3. The number of allylic oxidation sites excluding steroid dienone is 2. The number of benzene rings is 2. The molecule has 0 aliphatic carbocycles. The van der Waals surface area contributed by atoms with Crippen LogP contribution < -0.4 is 14.2 Å². The van der Waals surface area contributed by atoms with Crippen LogP contribution in [-0.2, 0) is 6.42 Å². The van der Waals surface area contributed by atoms with Gasteiger partial charge in [-0.15, -0.1) is 0 Å². The Labute approximate surface area is 160 Å². The predicted molar refractivity (Wildman–Crippen MR) is 108 cm³/mol. The van der Waals surface area contributed by atoms with Crippen molar-refractivity contribution in [2.24, 2.45) is 0 Å². The molecule has 0 aromatic heterocycles. The number of phenols is 1. The zero-order chi connectivity index (χ0) is 18.9. The van der Waals surface area contributed by atoms with E-state index < -0.39 is 0 Å². The number of phenolic OH excluding ortho intramolecular Hbond substituents is 1. The topological polar surface area (TPSA) is 47.9 Å². The van der Waals surface area contributed by atoms with Gasteiger partial charge in [0.15, 0.2) is 0 Å². The Hall–Kier alpha value is -2.88. The van der Waals surface area contributed by atoms with Crippen molar-refractivity contribution in [3.05, 3.63) is 65.8 Å². The maximum Gasteiger partial charge on any atom is 0.129 e. The van der Waals surface area contributed by atoms with Crippen LogP contribution >= 0.6 is 0 Å². The third-order valence-corrected chi connectivity index (χ3v) is 4.28. The second-order valence-corrected chi connectivity index (χ2v) is 6.35. The first kappa shape index (κ1) is 18.9. The Balaban J connectivity index is 1.81. The van der Waals surface area contributed by atoms with Crippen LogP contribution in [0.1, 0.15) is 30.9 Å². The van der Waals surface area contributed by atoms with Gasteiger partial charge in [0.2, 0.25) is 0 Å². The average molecular weight is 366 g/mol. The number of hydrogen-bond donors (Lipinski definition) is 1. The molecule has 4 aliphatic heterocycles. The lowest BCUT2D eigenvalue weighted by atomic mass is 10.0. The SMILES string of the molecule is CCCc1c2ccc(c1O)/C=C\C=C/COc1ccc(cc1)OCCCO2. The van der Waals surface area contributed by atoms with Crippen molar-refractivity contribution in [2.75, 3.05) is 19.8 Å². The molecule has 1 N–H and O–H groups in total. The Bertz CT molecular complexity index is 791. The van der Waals surface area contributed by atoms with E-state index >= 15 is 0 Å². The molecule has 0 fully saturated rings. The highest BCUT2D eigenvalue weighted by Crippen LogP contribution is 2.33. The summed E-state index contributed by atoms with van der Waals surface area (Å²) in [5.74, 6) is 2.65. The highest BCUT2D eigenvalue weighted by atomic mass is 16.5. The third kappa shape index (κ3) is 5.30. The molecule has 0 radical (unpaired) electrons. The van der Waals surface area contributed by atoms with E-state index in [1.165, 1.54) is 0 Å². The van der Waals surface area contributed by atoms with Gasteiger partial charge in [0, 0.05) is 17.5 Å². The first-order valence-electron chi connectivity index (χ1n) is 9.44. The van der Waals surface area contributed by atoms with Crippen LogP contribution in [0.5, 0.6) is 23.0 Å². The van der Waals surface area contributed by atoms with Crippen LogP contribution in [0, 0.1) is 0 Å². The fourth-order valence-electron chi connectivity index (χ4n) is 2.90. The van der Waals surface area contributed by atoms with E-state index in [1.54, 1.807) is 0 Å². The number of ether oxygens (including phenoxy) is 3. The van der Waals surface area contributed by atoms with Crippen LogP contribution in [0.25, 0.3) is 6.08 Å². The van der Waals surface area contributed by atoms with E-state index in [4.69, 9.17) is 14.2 Å². The summed E-state index contributed by atoms with van der Waals surface area (Å²) in [5.41, 5.74) is 1.65. The molecule has 4 aliphatic rings. The van der Waals surface area contributed by atoms with Gasteiger partial charge in [0.05, 0.1) is 13.2 Å². The standard InChI is InChI=1S/C23H26O4/c1-2-7-21-22-14-9-18(23(21)24)8-4-3-5-15-25-19-10-12-20(13-11-19)26-16-6-17-27-22/h3-5,8-14,24H,2,6-7,15-17H2,1H3/b5-3-,8-4-. The third-order valence-electron chi connectivity index (χ3n) is 4.28. The maximum absolute atomic E-state index is 10.6. The summed E-state index contributed by atoms with van der Waals surface area (Å²) >= 11 is 0. The molecule has 0 saturated carbocycles. The largest absolute Gasteiger partial charge is 0.507 e. The van der Waals surface area contributed by atoms with Crippen LogP contribution in [0.4, 0.5) is 0 Å². The van der Waals surface area contributed by atoms with Gasteiger partial charge in [-0.05, 0) is 48.9 Å². The van der Waals surface area contributed by atoms with E-state index in [2.05, 4.69) is 6.92 Å². The van der Waals surface area contributed by atoms with Gasteiger partial charge in [-0.3, -0.25) is 0 Å². The van der Waals surface area contributed by atoms with Crippen molar-refractivity contribution in [1.82, 2.24) is 0 Å². The molecule has 142 valence electrons. The summed E-state index contributed by atoms with van der Waals surface area (Å²) in [5, 5.41) is 10.6. The molecule has 2 aromatic rings. The summed E-state index contributed by atoms with van der Waals surface area (Å²) in [6.07, 6.45) is 10.1. The molecular formula is C23H26O4. The van der Waals surface area contributed by atoms with Crippen molar-refractivity contribution in [3.63, 3.8) is 0 Å². The molecule has 6 rings (SSSR count). The van der Waals surface area contributed by atoms with Crippen molar-refractivity contribution in [2.45, 2.75) is 26.2 Å². The van der Waals surface area contributed by atoms with Gasteiger partial charge in [0.25, 0.3) is 0 Å². The number of hydrogen-bond acceptors (Lipinski definition) is 4. The van der Waals surface area contributed by atoms with Gasteiger partial charge >= 0.3 is 0 Å². The average Bonchev–Trinajstić information content (AvgIpc) is 2.69. The highest BCUT2D eigenvalue weighted by molar-refractivity contribution is 5.63. The summed E-state index contributed by atoms with van der Waals surface area (Å²) in [7, 11) is 0. The zero-order valence-corrected chi connectivity index (χ0v) is 15.7. The van der Waals surface area contributed by atoms with E-state index in [0.29, 0.717) is 25.6 Å². The zero-order valence-electron chi connectivity index (χ0n) is 15.7. The number of aromatic hydroxyl groups is 1. The monoisotopic (exact) mass is 366 g/mol. The molecule has 0 spiro atoms. The summed E-state index contributed by atoms with van der Waals surface area (Å²) in [6.45, 7) is 3.67. The van der Waals surface area contributed by atoms with Gasteiger partial charge < -0.3 is 19.3 Å². The van der Waals surface area contributed by atoms with Crippen molar-refractivity contribution in [3.8, 4) is 23.0 Å². The van der Waals surface area contributed by atoms with Crippen molar-refractivity contribution in [1.29, 1.82) is 0 Å². The smallest absolute Gasteiger partial charge is 0.129 e. The second-order valence-electron chi connectivity index (χ2n) is 6.35. The first-order valence-corrected chi connectivity index (χ1v) is 9.44. The number of rotatable bonds is 2.